The summed E-state index contributed by atoms with van der Waals surface area (Å²) in [4.78, 5) is 24.6. The van der Waals surface area contributed by atoms with Crippen LogP contribution in [-0.4, -0.2) is 21.0 Å². The number of anilines is 1. The molecular formula is C14H11ClN4O3. The van der Waals surface area contributed by atoms with Crippen molar-refractivity contribution in [3.8, 4) is 0 Å². The minimum atomic E-state index is -0.669. The van der Waals surface area contributed by atoms with Crippen molar-refractivity contribution in [2.24, 2.45) is 0 Å². The Kier molecular flexibility index (Phi) is 3.42. The molecule has 0 unspecified atom stereocenters. The first-order valence-corrected chi connectivity index (χ1v) is 6.78. The van der Waals surface area contributed by atoms with E-state index in [4.69, 9.17) is 16.1 Å². The van der Waals surface area contributed by atoms with Crippen LogP contribution in [0, 0.1) is 13.8 Å². The summed E-state index contributed by atoms with van der Waals surface area (Å²) in [5.74, 6) is 0. The van der Waals surface area contributed by atoms with Crippen LogP contribution in [0.2, 0.25) is 5.02 Å². The van der Waals surface area contributed by atoms with Crippen LogP contribution in [0.15, 0.2) is 33.6 Å². The van der Waals surface area contributed by atoms with Gasteiger partial charge in [0.15, 0.2) is 5.58 Å². The molecule has 3 rings (SSSR count). The Balaban J connectivity index is 2.04. The summed E-state index contributed by atoms with van der Waals surface area (Å²) in [5.41, 5.74) is 1.03. The lowest BCUT2D eigenvalue weighted by molar-refractivity contribution is 0.249. The Bertz CT molecular complexity index is 928. The maximum atomic E-state index is 12.4. The van der Waals surface area contributed by atoms with Crippen molar-refractivity contribution in [2.75, 3.05) is 5.32 Å². The number of halogens is 1. The summed E-state index contributed by atoms with van der Waals surface area (Å²) in [5, 5.41) is 11.1. The number of nitrogens with one attached hydrogen (secondary N) is 1. The number of carbonyl (C=O) groups excluding carboxylic acids is 1. The molecule has 2 aromatic heterocycles. The molecule has 22 heavy (non-hydrogen) atoms. The molecule has 2 heterocycles. The number of fused-ring (bicyclic) bond motifs is 1. The summed E-state index contributed by atoms with van der Waals surface area (Å²) in [6.45, 7) is 3.27. The first-order valence-electron chi connectivity index (χ1n) is 6.40. The molecule has 3 aromatic rings. The molecule has 0 aliphatic rings. The van der Waals surface area contributed by atoms with E-state index >= 15 is 0 Å². The van der Waals surface area contributed by atoms with Gasteiger partial charge in [0.25, 0.3) is 5.56 Å². The average Bonchev–Trinajstić information content (AvgIpc) is 2.88. The van der Waals surface area contributed by atoms with Gasteiger partial charge in [-0.15, -0.1) is 4.68 Å². The number of aromatic nitrogens is 3. The molecular weight excluding hydrogens is 308 g/mol. The fraction of sp³-hybridized carbons (Fsp3) is 0.143. The number of hydrogen-bond donors (Lipinski definition) is 1. The second-order valence-corrected chi connectivity index (χ2v) is 5.15. The van der Waals surface area contributed by atoms with Crippen molar-refractivity contribution in [3.05, 3.63) is 51.0 Å². The van der Waals surface area contributed by atoms with Crippen LogP contribution in [-0.2, 0) is 0 Å². The maximum absolute atomic E-state index is 12.4. The molecule has 0 aliphatic carbocycles. The molecule has 0 radical (unpaired) electrons. The Hall–Kier alpha value is -2.67. The van der Waals surface area contributed by atoms with Crippen molar-refractivity contribution in [2.45, 2.75) is 13.8 Å². The van der Waals surface area contributed by atoms with E-state index in [0.29, 0.717) is 22.1 Å². The lowest BCUT2D eigenvalue weighted by atomic mass is 10.2. The zero-order valence-corrected chi connectivity index (χ0v) is 12.5. The summed E-state index contributed by atoms with van der Waals surface area (Å²) >= 11 is 5.78. The number of amides is 1. The van der Waals surface area contributed by atoms with Gasteiger partial charge in [-0.2, -0.15) is 5.10 Å². The molecule has 0 spiro atoms. The van der Waals surface area contributed by atoms with Gasteiger partial charge >= 0.3 is 6.03 Å². The number of hydrogen-bond acceptors (Lipinski definition) is 5. The Morgan fingerprint density at radius 1 is 1.23 bits per heavy atom. The van der Waals surface area contributed by atoms with Gasteiger partial charge in [0.2, 0.25) is 0 Å². The van der Waals surface area contributed by atoms with Gasteiger partial charge in [0.05, 0.1) is 5.69 Å². The number of aryl methyl sites for hydroxylation is 2. The Labute approximate surface area is 129 Å². The predicted molar refractivity (Wildman–Crippen MR) is 81.4 cm³/mol. The average molecular weight is 319 g/mol. The fourth-order valence-corrected chi connectivity index (χ4v) is 2.19. The van der Waals surface area contributed by atoms with Crippen molar-refractivity contribution < 1.29 is 9.32 Å². The highest BCUT2D eigenvalue weighted by atomic mass is 35.5. The molecule has 112 valence electrons. The molecule has 8 heteroatoms. The van der Waals surface area contributed by atoms with Crippen molar-refractivity contribution >= 4 is 34.3 Å². The zero-order chi connectivity index (χ0) is 15.9. The third kappa shape index (κ3) is 2.35. The molecule has 1 aromatic carbocycles. The van der Waals surface area contributed by atoms with Gasteiger partial charge in [-0.3, -0.25) is 4.79 Å². The summed E-state index contributed by atoms with van der Waals surface area (Å²) in [7, 11) is 0. The lowest BCUT2D eigenvalue weighted by Crippen LogP contribution is -2.33. The highest BCUT2D eigenvalue weighted by molar-refractivity contribution is 6.30. The predicted octanol–water partition coefficient (Wildman–Crippen LogP) is 2.73. The number of rotatable bonds is 1. The van der Waals surface area contributed by atoms with Crippen LogP contribution in [0.4, 0.5) is 10.5 Å². The second kappa shape index (κ2) is 5.27. The standard InChI is InChI=1S/C14H11ClN4O3/c1-7-11-12(22-18-7)8(2)17-19(13(11)20)14(21)16-10-5-3-9(15)4-6-10/h3-6H,1-2H3,(H,16,21). The Morgan fingerprint density at radius 2 is 1.91 bits per heavy atom. The zero-order valence-electron chi connectivity index (χ0n) is 11.8. The quantitative estimate of drug-likeness (QED) is 0.745. The smallest absolute Gasteiger partial charge is 0.349 e. The second-order valence-electron chi connectivity index (χ2n) is 4.71. The van der Waals surface area contributed by atoms with E-state index in [9.17, 15) is 9.59 Å². The van der Waals surface area contributed by atoms with E-state index in [1.807, 2.05) is 0 Å². The molecule has 1 amide bonds. The summed E-state index contributed by atoms with van der Waals surface area (Å²) in [6.07, 6.45) is 0. The highest BCUT2D eigenvalue weighted by Crippen LogP contribution is 2.16. The third-order valence-electron chi connectivity index (χ3n) is 3.14. The largest absolute Gasteiger partial charge is 0.354 e. The molecule has 1 N–H and O–H groups in total. The molecule has 0 aliphatic heterocycles. The van der Waals surface area contributed by atoms with E-state index in [-0.39, 0.29) is 11.0 Å². The van der Waals surface area contributed by atoms with Crippen molar-refractivity contribution in [1.29, 1.82) is 0 Å². The molecule has 0 fully saturated rings. The fourth-order valence-electron chi connectivity index (χ4n) is 2.06. The minimum Gasteiger partial charge on any atom is -0.354 e. The number of nitrogens with zero attached hydrogens (tertiary/aromatic N) is 3. The van der Waals surface area contributed by atoms with Gasteiger partial charge < -0.3 is 9.84 Å². The van der Waals surface area contributed by atoms with Gasteiger partial charge in [0.1, 0.15) is 11.1 Å². The molecule has 7 nitrogen and oxygen atoms in total. The molecule has 0 saturated carbocycles. The maximum Gasteiger partial charge on any atom is 0.349 e. The van der Waals surface area contributed by atoms with Gasteiger partial charge in [-0.25, -0.2) is 4.79 Å². The summed E-state index contributed by atoms with van der Waals surface area (Å²) in [6, 6.07) is 5.85. The lowest BCUT2D eigenvalue weighted by Gasteiger charge is -2.07. The van der Waals surface area contributed by atoms with E-state index in [0.717, 1.165) is 4.68 Å². The van der Waals surface area contributed by atoms with Crippen LogP contribution < -0.4 is 10.9 Å². The van der Waals surface area contributed by atoms with E-state index < -0.39 is 11.6 Å². The molecule has 0 saturated heterocycles. The van der Waals surface area contributed by atoms with Crippen molar-refractivity contribution in [1.82, 2.24) is 14.9 Å². The van der Waals surface area contributed by atoms with Gasteiger partial charge in [0, 0.05) is 10.7 Å². The highest BCUT2D eigenvalue weighted by Gasteiger charge is 2.19. The van der Waals surface area contributed by atoms with Crippen LogP contribution in [0.5, 0.6) is 0 Å². The van der Waals surface area contributed by atoms with E-state index in [1.54, 1.807) is 38.1 Å². The SMILES string of the molecule is Cc1nn(C(=O)Nc2ccc(Cl)cc2)c(=O)c2c(C)noc12. The Morgan fingerprint density at radius 3 is 2.59 bits per heavy atom. The summed E-state index contributed by atoms with van der Waals surface area (Å²) < 4.78 is 5.81. The van der Waals surface area contributed by atoms with Crippen LogP contribution >= 0.6 is 11.6 Å². The first kappa shape index (κ1) is 14.3. The van der Waals surface area contributed by atoms with Crippen LogP contribution in [0.1, 0.15) is 11.4 Å². The van der Waals surface area contributed by atoms with Gasteiger partial charge in [-0.05, 0) is 38.1 Å². The van der Waals surface area contributed by atoms with Crippen LogP contribution in [0.3, 0.4) is 0 Å². The third-order valence-corrected chi connectivity index (χ3v) is 3.39. The number of benzene rings is 1. The first-order chi connectivity index (χ1) is 10.5. The van der Waals surface area contributed by atoms with Crippen LogP contribution in [0.25, 0.3) is 11.0 Å². The topological polar surface area (TPSA) is 90.0 Å². The van der Waals surface area contributed by atoms with Gasteiger partial charge in [-0.1, -0.05) is 16.8 Å². The van der Waals surface area contributed by atoms with Crippen molar-refractivity contribution in [3.63, 3.8) is 0 Å². The molecule has 0 bridgehead atoms. The molecule has 0 atom stereocenters. The van der Waals surface area contributed by atoms with E-state index in [2.05, 4.69) is 15.6 Å². The minimum absolute atomic E-state index is 0.249. The monoisotopic (exact) mass is 318 g/mol. The van der Waals surface area contributed by atoms with E-state index in [1.165, 1.54) is 0 Å². The normalized spacial score (nSPS) is 10.9. The number of carbonyl (C=O) groups is 1.